The van der Waals surface area contributed by atoms with Gasteiger partial charge < -0.3 is 0 Å². The van der Waals surface area contributed by atoms with Crippen LogP contribution in [-0.4, -0.2) is 15.9 Å². The van der Waals surface area contributed by atoms with Gasteiger partial charge in [0.2, 0.25) is 0 Å². The molecule has 6 heteroatoms. The highest BCUT2D eigenvalue weighted by Gasteiger charge is 2.21. The molecule has 0 bridgehead atoms. The quantitative estimate of drug-likeness (QED) is 0.928. The summed E-state index contributed by atoms with van der Waals surface area (Å²) in [5.74, 6) is 0. The Morgan fingerprint density at radius 1 is 1.71 bits per heavy atom. The molecule has 0 fully saturated rings. The highest BCUT2D eigenvalue weighted by molar-refractivity contribution is 7.15. The van der Waals surface area contributed by atoms with Gasteiger partial charge in [-0.05, 0) is 19.9 Å². The molecule has 17 heavy (non-hydrogen) atoms. The number of nitrogens with zero attached hydrogens (tertiary/aromatic N) is 3. The van der Waals surface area contributed by atoms with Crippen LogP contribution in [0.5, 0.6) is 0 Å². The summed E-state index contributed by atoms with van der Waals surface area (Å²) in [6.45, 7) is 4.83. The third-order valence-corrected chi connectivity index (χ3v) is 3.75. The lowest BCUT2D eigenvalue weighted by Crippen LogP contribution is -2.22. The van der Waals surface area contributed by atoms with Crippen molar-refractivity contribution in [3.8, 4) is 6.07 Å². The van der Waals surface area contributed by atoms with E-state index in [-0.39, 0.29) is 0 Å². The Labute approximate surface area is 109 Å². The van der Waals surface area contributed by atoms with Gasteiger partial charge >= 0.3 is 0 Å². The van der Waals surface area contributed by atoms with Crippen LogP contribution in [0.25, 0.3) is 4.96 Å². The lowest BCUT2D eigenvalue weighted by molar-refractivity contribution is 0.605. The summed E-state index contributed by atoms with van der Waals surface area (Å²) in [7, 11) is 0. The first-order valence-corrected chi connectivity index (χ1v) is 6.69. The molecule has 90 valence electrons. The van der Waals surface area contributed by atoms with Crippen LogP contribution in [0.15, 0.2) is 5.38 Å². The van der Waals surface area contributed by atoms with Crippen molar-refractivity contribution in [2.75, 3.05) is 6.54 Å². The summed E-state index contributed by atoms with van der Waals surface area (Å²) < 4.78 is 1.95. The molecule has 4 nitrogen and oxygen atoms in total. The van der Waals surface area contributed by atoms with Gasteiger partial charge in [-0.25, -0.2) is 4.98 Å². The Morgan fingerprint density at radius 2 is 2.47 bits per heavy atom. The highest BCUT2D eigenvalue weighted by atomic mass is 35.5. The van der Waals surface area contributed by atoms with Crippen molar-refractivity contribution in [2.45, 2.75) is 26.3 Å². The molecule has 0 amide bonds. The van der Waals surface area contributed by atoms with Crippen LogP contribution in [0.2, 0.25) is 5.15 Å². The van der Waals surface area contributed by atoms with Gasteiger partial charge in [-0.15, -0.1) is 11.3 Å². The van der Waals surface area contributed by atoms with Crippen molar-refractivity contribution in [1.82, 2.24) is 14.7 Å². The fraction of sp³-hybridized carbons (Fsp3) is 0.455. The highest BCUT2D eigenvalue weighted by Crippen LogP contribution is 2.28. The van der Waals surface area contributed by atoms with Crippen LogP contribution >= 0.6 is 22.9 Å². The van der Waals surface area contributed by atoms with Gasteiger partial charge in [0.05, 0.1) is 11.8 Å². The average molecular weight is 269 g/mol. The number of fused-ring (bicyclic) bond motifs is 1. The van der Waals surface area contributed by atoms with Crippen molar-refractivity contribution in [3.63, 3.8) is 0 Å². The summed E-state index contributed by atoms with van der Waals surface area (Å²) in [6, 6.07) is 1.83. The zero-order chi connectivity index (χ0) is 12.4. The fourth-order valence-corrected chi connectivity index (χ4v) is 2.93. The van der Waals surface area contributed by atoms with Crippen LogP contribution in [0.4, 0.5) is 0 Å². The van der Waals surface area contributed by atoms with Crippen LogP contribution < -0.4 is 5.32 Å². The van der Waals surface area contributed by atoms with Gasteiger partial charge in [-0.1, -0.05) is 18.5 Å². The molecule has 1 atom stereocenters. The van der Waals surface area contributed by atoms with E-state index in [0.29, 0.717) is 5.15 Å². The van der Waals surface area contributed by atoms with Crippen molar-refractivity contribution >= 4 is 27.9 Å². The van der Waals surface area contributed by atoms with Gasteiger partial charge in [-0.2, -0.15) is 5.26 Å². The Balaban J connectivity index is 2.48. The van der Waals surface area contributed by atoms with Crippen LogP contribution in [0, 0.1) is 18.3 Å². The van der Waals surface area contributed by atoms with E-state index in [1.807, 2.05) is 16.7 Å². The van der Waals surface area contributed by atoms with Crippen LogP contribution in [0.3, 0.4) is 0 Å². The predicted octanol–water partition coefficient (Wildman–Crippen LogP) is 2.92. The smallest absolute Gasteiger partial charge is 0.195 e. The summed E-state index contributed by atoms with van der Waals surface area (Å²) in [5.41, 5.74) is 1.80. The Hall–Kier alpha value is -1.09. The van der Waals surface area contributed by atoms with E-state index in [0.717, 1.165) is 29.3 Å². The number of hydrogen-bond acceptors (Lipinski definition) is 4. The monoisotopic (exact) mass is 268 g/mol. The summed E-state index contributed by atoms with van der Waals surface area (Å²) >= 11 is 7.65. The van der Waals surface area contributed by atoms with E-state index in [1.54, 1.807) is 0 Å². The predicted molar refractivity (Wildman–Crippen MR) is 69.5 cm³/mol. The number of aryl methyl sites for hydroxylation is 1. The Morgan fingerprint density at radius 3 is 3.12 bits per heavy atom. The standard InChI is InChI=1S/C11H13ClN4S/c1-3-4-14-8(5-13)9-10(12)15-11-16(9)7(2)6-17-11/h6,8,14H,3-4H2,1-2H3. The maximum absolute atomic E-state index is 9.23. The minimum Gasteiger partial charge on any atom is -0.297 e. The van der Waals surface area contributed by atoms with E-state index < -0.39 is 6.04 Å². The number of thiazole rings is 1. The molecule has 0 radical (unpaired) electrons. The van der Waals surface area contributed by atoms with Crippen molar-refractivity contribution in [2.24, 2.45) is 0 Å². The van der Waals surface area contributed by atoms with Gasteiger partial charge in [0, 0.05) is 11.1 Å². The second-order valence-corrected chi connectivity index (χ2v) is 4.99. The van der Waals surface area contributed by atoms with E-state index in [1.165, 1.54) is 11.3 Å². The minimum absolute atomic E-state index is 0.411. The van der Waals surface area contributed by atoms with Gasteiger partial charge in [0.25, 0.3) is 0 Å². The van der Waals surface area contributed by atoms with E-state index in [4.69, 9.17) is 11.6 Å². The van der Waals surface area contributed by atoms with E-state index >= 15 is 0 Å². The zero-order valence-corrected chi connectivity index (χ0v) is 11.3. The van der Waals surface area contributed by atoms with Gasteiger partial charge in [0.1, 0.15) is 6.04 Å². The molecule has 2 rings (SSSR count). The largest absolute Gasteiger partial charge is 0.297 e. The maximum atomic E-state index is 9.23. The molecule has 0 aliphatic heterocycles. The number of nitrogens with one attached hydrogen (secondary N) is 1. The number of hydrogen-bond donors (Lipinski definition) is 1. The minimum atomic E-state index is -0.411. The SMILES string of the molecule is CCCNC(C#N)c1c(Cl)nc2scc(C)n12. The molecule has 0 aliphatic rings. The summed E-state index contributed by atoms with van der Waals surface area (Å²) in [6.07, 6.45) is 0.973. The average Bonchev–Trinajstić information content (AvgIpc) is 2.81. The first kappa shape index (κ1) is 12.4. The molecule has 0 saturated heterocycles. The van der Waals surface area contributed by atoms with Crippen molar-refractivity contribution < 1.29 is 0 Å². The third-order valence-electron chi connectivity index (χ3n) is 2.53. The Kier molecular flexibility index (Phi) is 3.67. The summed E-state index contributed by atoms with van der Waals surface area (Å²) in [4.78, 5) is 5.10. The zero-order valence-electron chi connectivity index (χ0n) is 9.70. The van der Waals surface area contributed by atoms with E-state index in [9.17, 15) is 5.26 Å². The molecular formula is C11H13ClN4S. The van der Waals surface area contributed by atoms with Gasteiger partial charge in [0.15, 0.2) is 10.1 Å². The van der Waals surface area contributed by atoms with Crippen molar-refractivity contribution in [1.29, 1.82) is 5.26 Å². The number of halogens is 1. The maximum Gasteiger partial charge on any atom is 0.195 e. The second kappa shape index (κ2) is 5.05. The normalized spacial score (nSPS) is 12.8. The van der Waals surface area contributed by atoms with E-state index in [2.05, 4.69) is 23.3 Å². The molecule has 0 spiro atoms. The first-order valence-electron chi connectivity index (χ1n) is 5.44. The first-order chi connectivity index (χ1) is 8.19. The molecular weight excluding hydrogens is 256 g/mol. The number of imidazole rings is 1. The van der Waals surface area contributed by atoms with Crippen molar-refractivity contribution in [3.05, 3.63) is 21.9 Å². The third kappa shape index (κ3) is 2.16. The summed E-state index contributed by atoms with van der Waals surface area (Å²) in [5, 5.41) is 14.8. The molecule has 0 saturated carbocycles. The number of nitriles is 1. The second-order valence-electron chi connectivity index (χ2n) is 3.80. The van der Waals surface area contributed by atoms with Crippen LogP contribution in [-0.2, 0) is 0 Å². The lowest BCUT2D eigenvalue weighted by atomic mass is 10.2. The molecule has 2 heterocycles. The Bertz CT molecular complexity index is 566. The van der Waals surface area contributed by atoms with Crippen LogP contribution in [0.1, 0.15) is 30.8 Å². The molecule has 1 N–H and O–H groups in total. The lowest BCUT2D eigenvalue weighted by Gasteiger charge is -2.10. The molecule has 0 aromatic carbocycles. The molecule has 0 aliphatic carbocycles. The molecule has 2 aromatic heterocycles. The number of aromatic nitrogens is 2. The van der Waals surface area contributed by atoms with Gasteiger partial charge in [-0.3, -0.25) is 9.72 Å². The molecule has 2 aromatic rings. The topological polar surface area (TPSA) is 53.1 Å². The number of rotatable bonds is 4. The molecule has 1 unspecified atom stereocenters. The fourth-order valence-electron chi connectivity index (χ4n) is 1.74.